The van der Waals surface area contributed by atoms with Crippen molar-refractivity contribution in [3.05, 3.63) is 28.8 Å². The Labute approximate surface area is 89.2 Å². The van der Waals surface area contributed by atoms with Gasteiger partial charge in [0.15, 0.2) is 0 Å². The van der Waals surface area contributed by atoms with E-state index in [2.05, 4.69) is 5.32 Å². The lowest BCUT2D eigenvalue weighted by atomic mass is 10.2. The Morgan fingerprint density at radius 1 is 1.50 bits per heavy atom. The van der Waals surface area contributed by atoms with Gasteiger partial charge >= 0.3 is 0 Å². The molecule has 3 N–H and O–H groups in total. The molecule has 0 radical (unpaired) electrons. The molecule has 0 fully saturated rings. The first kappa shape index (κ1) is 11.3. The SMILES string of the molecule is COCCNc1ccc(CN)cc1Cl. The third-order valence-electron chi connectivity index (χ3n) is 1.89. The van der Waals surface area contributed by atoms with Crippen molar-refractivity contribution in [1.29, 1.82) is 0 Å². The number of methoxy groups -OCH3 is 1. The van der Waals surface area contributed by atoms with E-state index >= 15 is 0 Å². The van der Waals surface area contributed by atoms with Crippen molar-refractivity contribution >= 4 is 17.3 Å². The lowest BCUT2D eigenvalue weighted by Gasteiger charge is -2.08. The fourth-order valence-corrected chi connectivity index (χ4v) is 1.39. The van der Waals surface area contributed by atoms with E-state index in [0.717, 1.165) is 17.8 Å². The summed E-state index contributed by atoms with van der Waals surface area (Å²) in [5.41, 5.74) is 7.44. The Kier molecular flexibility index (Phi) is 4.73. The Bertz CT molecular complexity index is 291. The monoisotopic (exact) mass is 214 g/mol. The van der Waals surface area contributed by atoms with Crippen LogP contribution in [0.25, 0.3) is 0 Å². The molecule has 0 aliphatic rings. The van der Waals surface area contributed by atoms with Crippen LogP contribution in [0.15, 0.2) is 18.2 Å². The predicted molar refractivity (Wildman–Crippen MR) is 59.7 cm³/mol. The first-order chi connectivity index (χ1) is 6.77. The van der Waals surface area contributed by atoms with Crippen LogP contribution < -0.4 is 11.1 Å². The molecule has 0 spiro atoms. The molecule has 0 saturated carbocycles. The zero-order valence-electron chi connectivity index (χ0n) is 8.22. The molecule has 1 aromatic carbocycles. The lowest BCUT2D eigenvalue weighted by molar-refractivity contribution is 0.211. The quantitative estimate of drug-likeness (QED) is 0.736. The van der Waals surface area contributed by atoms with Crippen LogP contribution in [0.1, 0.15) is 5.56 Å². The number of nitrogens with two attached hydrogens (primary N) is 1. The highest BCUT2D eigenvalue weighted by molar-refractivity contribution is 6.33. The van der Waals surface area contributed by atoms with Gasteiger partial charge in [0, 0.05) is 20.2 Å². The van der Waals surface area contributed by atoms with E-state index in [1.54, 1.807) is 7.11 Å². The van der Waals surface area contributed by atoms with Gasteiger partial charge in [0.2, 0.25) is 0 Å². The number of halogens is 1. The van der Waals surface area contributed by atoms with Gasteiger partial charge in [0.1, 0.15) is 0 Å². The highest BCUT2D eigenvalue weighted by atomic mass is 35.5. The van der Waals surface area contributed by atoms with Crippen molar-refractivity contribution in [3.63, 3.8) is 0 Å². The number of anilines is 1. The van der Waals surface area contributed by atoms with Crippen molar-refractivity contribution in [2.24, 2.45) is 5.73 Å². The molecule has 0 aliphatic carbocycles. The minimum atomic E-state index is 0.512. The summed E-state index contributed by atoms with van der Waals surface area (Å²) in [5.74, 6) is 0. The number of hydrogen-bond donors (Lipinski definition) is 2. The first-order valence-corrected chi connectivity index (χ1v) is 4.87. The molecule has 78 valence electrons. The van der Waals surface area contributed by atoms with Gasteiger partial charge in [-0.25, -0.2) is 0 Å². The van der Waals surface area contributed by atoms with Gasteiger partial charge in [0.05, 0.1) is 17.3 Å². The van der Waals surface area contributed by atoms with Crippen molar-refractivity contribution < 1.29 is 4.74 Å². The van der Waals surface area contributed by atoms with Crippen LogP contribution in [0.4, 0.5) is 5.69 Å². The van der Waals surface area contributed by atoms with Gasteiger partial charge in [-0.2, -0.15) is 0 Å². The van der Waals surface area contributed by atoms with E-state index in [9.17, 15) is 0 Å². The molecule has 0 bridgehead atoms. The van der Waals surface area contributed by atoms with Gasteiger partial charge in [-0.05, 0) is 17.7 Å². The third kappa shape index (κ3) is 3.18. The summed E-state index contributed by atoms with van der Waals surface area (Å²) in [6, 6.07) is 5.76. The number of rotatable bonds is 5. The Morgan fingerprint density at radius 2 is 2.29 bits per heavy atom. The number of benzene rings is 1. The summed E-state index contributed by atoms with van der Waals surface area (Å²) in [6.45, 7) is 1.92. The summed E-state index contributed by atoms with van der Waals surface area (Å²) in [7, 11) is 1.67. The normalized spacial score (nSPS) is 10.2. The van der Waals surface area contributed by atoms with E-state index in [-0.39, 0.29) is 0 Å². The van der Waals surface area contributed by atoms with Crippen LogP contribution in [0.5, 0.6) is 0 Å². The van der Waals surface area contributed by atoms with Crippen molar-refractivity contribution in [2.75, 3.05) is 25.6 Å². The molecule has 14 heavy (non-hydrogen) atoms. The smallest absolute Gasteiger partial charge is 0.0640 e. The zero-order valence-corrected chi connectivity index (χ0v) is 8.97. The minimum Gasteiger partial charge on any atom is -0.383 e. The van der Waals surface area contributed by atoms with E-state index in [1.165, 1.54) is 0 Å². The second kappa shape index (κ2) is 5.86. The van der Waals surface area contributed by atoms with Gasteiger partial charge in [-0.3, -0.25) is 0 Å². The second-order valence-corrected chi connectivity index (χ2v) is 3.35. The van der Waals surface area contributed by atoms with E-state index < -0.39 is 0 Å². The average molecular weight is 215 g/mol. The van der Waals surface area contributed by atoms with Crippen molar-refractivity contribution in [3.8, 4) is 0 Å². The fourth-order valence-electron chi connectivity index (χ4n) is 1.12. The standard InChI is InChI=1S/C10H15ClN2O/c1-14-5-4-13-10-3-2-8(7-12)6-9(10)11/h2-3,6,13H,4-5,7,12H2,1H3. The van der Waals surface area contributed by atoms with Crippen LogP contribution in [0.3, 0.4) is 0 Å². The topological polar surface area (TPSA) is 47.3 Å². The van der Waals surface area contributed by atoms with Crippen LogP contribution in [0, 0.1) is 0 Å². The number of hydrogen-bond acceptors (Lipinski definition) is 3. The van der Waals surface area contributed by atoms with Gasteiger partial charge < -0.3 is 15.8 Å². The largest absolute Gasteiger partial charge is 0.383 e. The summed E-state index contributed by atoms with van der Waals surface area (Å²) in [5, 5.41) is 3.87. The highest BCUT2D eigenvalue weighted by Gasteiger charge is 1.99. The minimum absolute atomic E-state index is 0.512. The highest BCUT2D eigenvalue weighted by Crippen LogP contribution is 2.22. The Balaban J connectivity index is 2.59. The van der Waals surface area contributed by atoms with Gasteiger partial charge in [-0.15, -0.1) is 0 Å². The molecule has 0 unspecified atom stereocenters. The zero-order chi connectivity index (χ0) is 10.4. The molecular formula is C10H15ClN2O. The van der Waals surface area contributed by atoms with Crippen LogP contribution >= 0.6 is 11.6 Å². The Morgan fingerprint density at radius 3 is 2.86 bits per heavy atom. The van der Waals surface area contributed by atoms with Crippen molar-refractivity contribution in [1.82, 2.24) is 0 Å². The van der Waals surface area contributed by atoms with Gasteiger partial charge in [-0.1, -0.05) is 17.7 Å². The molecule has 0 heterocycles. The number of nitrogens with one attached hydrogen (secondary N) is 1. The summed E-state index contributed by atoms with van der Waals surface area (Å²) in [4.78, 5) is 0. The average Bonchev–Trinajstić information content (AvgIpc) is 2.20. The van der Waals surface area contributed by atoms with Crippen molar-refractivity contribution in [2.45, 2.75) is 6.54 Å². The van der Waals surface area contributed by atoms with Crippen LogP contribution in [-0.4, -0.2) is 20.3 Å². The Hall–Kier alpha value is -0.770. The fraction of sp³-hybridized carbons (Fsp3) is 0.400. The first-order valence-electron chi connectivity index (χ1n) is 4.49. The van der Waals surface area contributed by atoms with Gasteiger partial charge in [0.25, 0.3) is 0 Å². The second-order valence-electron chi connectivity index (χ2n) is 2.94. The van der Waals surface area contributed by atoms with E-state index in [1.807, 2.05) is 18.2 Å². The molecule has 1 rings (SSSR count). The molecule has 0 aromatic heterocycles. The van der Waals surface area contributed by atoms with E-state index in [0.29, 0.717) is 18.2 Å². The summed E-state index contributed by atoms with van der Waals surface area (Å²) in [6.07, 6.45) is 0. The maximum absolute atomic E-state index is 6.03. The molecule has 4 heteroatoms. The molecule has 3 nitrogen and oxygen atoms in total. The molecule has 0 aliphatic heterocycles. The summed E-state index contributed by atoms with van der Waals surface area (Å²) < 4.78 is 4.92. The van der Waals surface area contributed by atoms with Crippen LogP contribution in [0.2, 0.25) is 5.02 Å². The maximum atomic E-state index is 6.03. The lowest BCUT2D eigenvalue weighted by Crippen LogP contribution is -2.08. The predicted octanol–water partition coefficient (Wildman–Crippen LogP) is 1.86. The molecule has 0 amide bonds. The third-order valence-corrected chi connectivity index (χ3v) is 2.20. The molecule has 1 aromatic rings. The van der Waals surface area contributed by atoms with E-state index in [4.69, 9.17) is 22.1 Å². The maximum Gasteiger partial charge on any atom is 0.0640 e. The molecule has 0 atom stereocenters. The van der Waals surface area contributed by atoms with Crippen LogP contribution in [-0.2, 0) is 11.3 Å². The molecular weight excluding hydrogens is 200 g/mol. The molecule has 0 saturated heterocycles. The number of ether oxygens (including phenoxy) is 1. The summed E-state index contributed by atoms with van der Waals surface area (Å²) >= 11 is 6.03.